The van der Waals surface area contributed by atoms with Crippen molar-refractivity contribution < 1.29 is 4.79 Å². The molecular formula is C24H28ClN5O2S. The summed E-state index contributed by atoms with van der Waals surface area (Å²) in [5.74, 6) is 0.0855. The van der Waals surface area contributed by atoms with E-state index in [1.165, 1.54) is 11.8 Å². The minimum absolute atomic E-state index is 0.0880. The molecule has 174 valence electrons. The normalized spacial score (nSPS) is 14.5. The number of carbonyl (C=O) groups excluding carboxylic acids is 1. The molecule has 4 rings (SSSR count). The summed E-state index contributed by atoms with van der Waals surface area (Å²) in [6.45, 7) is 7.62. The molecule has 1 aliphatic heterocycles. The molecule has 2 aromatic carbocycles. The van der Waals surface area contributed by atoms with Gasteiger partial charge >= 0.3 is 0 Å². The van der Waals surface area contributed by atoms with Gasteiger partial charge in [0.1, 0.15) is 0 Å². The number of thioether (sulfide) groups is 1. The van der Waals surface area contributed by atoms with Crippen molar-refractivity contribution in [3.05, 3.63) is 63.9 Å². The zero-order valence-electron chi connectivity index (χ0n) is 18.7. The maximum atomic E-state index is 12.7. The first-order chi connectivity index (χ1) is 16.0. The third-order valence-electron chi connectivity index (χ3n) is 5.77. The quantitative estimate of drug-likeness (QED) is 0.494. The molecule has 0 spiro atoms. The Bertz CT molecular complexity index is 1180. The summed E-state index contributed by atoms with van der Waals surface area (Å²) in [7, 11) is 0. The first-order valence-electron chi connectivity index (χ1n) is 11.2. The van der Waals surface area contributed by atoms with Crippen LogP contribution in [-0.4, -0.2) is 65.4 Å². The van der Waals surface area contributed by atoms with Gasteiger partial charge in [-0.25, -0.2) is 4.98 Å². The van der Waals surface area contributed by atoms with Crippen molar-refractivity contribution in [3.8, 4) is 0 Å². The molecule has 0 unspecified atom stereocenters. The third kappa shape index (κ3) is 5.88. The molecule has 1 aliphatic rings. The molecule has 1 aromatic heterocycles. The van der Waals surface area contributed by atoms with Gasteiger partial charge in [-0.3, -0.25) is 14.5 Å². The minimum atomic E-state index is -0.147. The molecule has 1 amide bonds. The number of para-hydroxylation sites is 2. The summed E-state index contributed by atoms with van der Waals surface area (Å²) in [6, 6.07) is 15.5. The lowest BCUT2D eigenvalue weighted by Crippen LogP contribution is -2.48. The van der Waals surface area contributed by atoms with E-state index in [2.05, 4.69) is 26.2 Å². The van der Waals surface area contributed by atoms with Crippen LogP contribution in [0, 0.1) is 0 Å². The van der Waals surface area contributed by atoms with E-state index in [1.807, 2.05) is 49.4 Å². The van der Waals surface area contributed by atoms with Gasteiger partial charge in [0.05, 0.1) is 16.8 Å². The number of hydrogen-bond donors (Lipinski definition) is 1. The highest BCUT2D eigenvalue weighted by atomic mass is 35.5. The SMILES string of the molecule is CCn1c(=O)c(SCC(=O)NCCN2CCN(c3cccc(Cl)c3)CC2)nc2ccccc21. The topological polar surface area (TPSA) is 70.5 Å². The number of piperazine rings is 1. The molecule has 0 atom stereocenters. The Hall–Kier alpha value is -2.55. The monoisotopic (exact) mass is 485 g/mol. The van der Waals surface area contributed by atoms with Crippen LogP contribution in [0.1, 0.15) is 6.92 Å². The molecule has 2 heterocycles. The average molecular weight is 486 g/mol. The van der Waals surface area contributed by atoms with Gasteiger partial charge in [-0.1, -0.05) is 41.6 Å². The van der Waals surface area contributed by atoms with Gasteiger partial charge in [0.15, 0.2) is 5.03 Å². The fraction of sp³-hybridized carbons (Fsp3) is 0.375. The Kier molecular flexibility index (Phi) is 7.90. The van der Waals surface area contributed by atoms with Crippen molar-refractivity contribution in [3.63, 3.8) is 0 Å². The van der Waals surface area contributed by atoms with Gasteiger partial charge in [0, 0.05) is 56.5 Å². The number of fused-ring (bicyclic) bond motifs is 1. The highest BCUT2D eigenvalue weighted by Gasteiger charge is 2.17. The van der Waals surface area contributed by atoms with E-state index in [0.29, 0.717) is 18.1 Å². The van der Waals surface area contributed by atoms with Crippen LogP contribution in [-0.2, 0) is 11.3 Å². The summed E-state index contributed by atoms with van der Waals surface area (Å²) in [4.78, 5) is 34.2. The third-order valence-corrected chi connectivity index (χ3v) is 6.96. The highest BCUT2D eigenvalue weighted by Crippen LogP contribution is 2.21. The van der Waals surface area contributed by atoms with Crippen LogP contribution in [0.4, 0.5) is 5.69 Å². The second-order valence-corrected chi connectivity index (χ2v) is 9.30. The first kappa shape index (κ1) is 23.6. The first-order valence-corrected chi connectivity index (χ1v) is 12.5. The Balaban J connectivity index is 1.22. The van der Waals surface area contributed by atoms with Crippen molar-refractivity contribution in [2.24, 2.45) is 0 Å². The van der Waals surface area contributed by atoms with Crippen LogP contribution in [0.25, 0.3) is 11.0 Å². The lowest BCUT2D eigenvalue weighted by molar-refractivity contribution is -0.118. The van der Waals surface area contributed by atoms with E-state index in [-0.39, 0.29) is 17.2 Å². The van der Waals surface area contributed by atoms with Crippen LogP contribution in [0.5, 0.6) is 0 Å². The Morgan fingerprint density at radius 1 is 1.12 bits per heavy atom. The number of anilines is 1. The largest absolute Gasteiger partial charge is 0.369 e. The number of carbonyl (C=O) groups is 1. The molecule has 0 saturated carbocycles. The van der Waals surface area contributed by atoms with Gasteiger partial charge in [0.2, 0.25) is 5.91 Å². The highest BCUT2D eigenvalue weighted by molar-refractivity contribution is 7.99. The molecule has 0 aliphatic carbocycles. The number of amides is 1. The maximum Gasteiger partial charge on any atom is 0.283 e. The predicted molar refractivity (Wildman–Crippen MR) is 136 cm³/mol. The average Bonchev–Trinajstić information content (AvgIpc) is 2.83. The number of benzene rings is 2. The summed E-state index contributed by atoms with van der Waals surface area (Å²) in [5, 5.41) is 4.08. The zero-order chi connectivity index (χ0) is 23.2. The van der Waals surface area contributed by atoms with Crippen molar-refractivity contribution in [2.45, 2.75) is 18.5 Å². The summed E-state index contributed by atoms with van der Waals surface area (Å²) in [5.41, 5.74) is 2.58. The summed E-state index contributed by atoms with van der Waals surface area (Å²) < 4.78 is 1.70. The van der Waals surface area contributed by atoms with Crippen molar-refractivity contribution >= 4 is 46.0 Å². The van der Waals surface area contributed by atoms with Gasteiger partial charge in [0.25, 0.3) is 5.56 Å². The van der Waals surface area contributed by atoms with E-state index in [0.717, 1.165) is 54.5 Å². The number of nitrogens with zero attached hydrogens (tertiary/aromatic N) is 4. The molecular weight excluding hydrogens is 458 g/mol. The van der Waals surface area contributed by atoms with E-state index in [4.69, 9.17) is 11.6 Å². The number of hydrogen-bond acceptors (Lipinski definition) is 6. The van der Waals surface area contributed by atoms with Gasteiger partial charge in [-0.2, -0.15) is 0 Å². The fourth-order valence-corrected chi connectivity index (χ4v) is 4.97. The van der Waals surface area contributed by atoms with E-state index >= 15 is 0 Å². The molecule has 7 nitrogen and oxygen atoms in total. The lowest BCUT2D eigenvalue weighted by Gasteiger charge is -2.36. The van der Waals surface area contributed by atoms with Crippen LogP contribution >= 0.6 is 23.4 Å². The maximum absolute atomic E-state index is 12.7. The van der Waals surface area contributed by atoms with Gasteiger partial charge in [-0.05, 0) is 37.3 Å². The predicted octanol–water partition coefficient (Wildman–Crippen LogP) is 3.10. The Labute approximate surface area is 202 Å². The van der Waals surface area contributed by atoms with Crippen molar-refractivity contribution in [2.75, 3.05) is 49.9 Å². The lowest BCUT2D eigenvalue weighted by atomic mass is 10.2. The number of halogens is 1. The number of rotatable bonds is 8. The summed E-state index contributed by atoms with van der Waals surface area (Å²) >= 11 is 7.30. The molecule has 1 fully saturated rings. The van der Waals surface area contributed by atoms with Crippen LogP contribution in [0.2, 0.25) is 5.02 Å². The van der Waals surface area contributed by atoms with Crippen molar-refractivity contribution in [1.29, 1.82) is 0 Å². The second-order valence-electron chi connectivity index (χ2n) is 7.90. The fourth-order valence-electron chi connectivity index (χ4n) is 4.02. The van der Waals surface area contributed by atoms with E-state index in [9.17, 15) is 9.59 Å². The Morgan fingerprint density at radius 2 is 1.91 bits per heavy atom. The molecule has 3 aromatic rings. The van der Waals surface area contributed by atoms with Crippen LogP contribution in [0.3, 0.4) is 0 Å². The zero-order valence-corrected chi connectivity index (χ0v) is 20.2. The molecule has 1 N–H and O–H groups in total. The van der Waals surface area contributed by atoms with Gasteiger partial charge in [-0.15, -0.1) is 0 Å². The Morgan fingerprint density at radius 3 is 2.67 bits per heavy atom. The minimum Gasteiger partial charge on any atom is -0.369 e. The van der Waals surface area contributed by atoms with Crippen LogP contribution in [0.15, 0.2) is 58.4 Å². The van der Waals surface area contributed by atoms with Crippen LogP contribution < -0.4 is 15.8 Å². The number of aryl methyl sites for hydroxylation is 1. The smallest absolute Gasteiger partial charge is 0.283 e. The number of nitrogens with one attached hydrogen (secondary N) is 1. The number of aromatic nitrogens is 2. The van der Waals surface area contributed by atoms with E-state index < -0.39 is 0 Å². The molecule has 33 heavy (non-hydrogen) atoms. The molecule has 0 bridgehead atoms. The second kappa shape index (κ2) is 11.0. The molecule has 1 saturated heterocycles. The standard InChI is InChI=1S/C24H28ClN5O2S/c1-2-30-21-9-4-3-8-20(21)27-23(24(30)32)33-17-22(31)26-10-11-28-12-14-29(15-13-28)19-7-5-6-18(25)16-19/h3-9,16H,2,10-15,17H2,1H3,(H,26,31). The van der Waals surface area contributed by atoms with E-state index in [1.54, 1.807) is 4.57 Å². The van der Waals surface area contributed by atoms with Crippen molar-refractivity contribution in [1.82, 2.24) is 19.8 Å². The van der Waals surface area contributed by atoms with Gasteiger partial charge < -0.3 is 14.8 Å². The summed E-state index contributed by atoms with van der Waals surface area (Å²) in [6.07, 6.45) is 0. The molecule has 9 heteroatoms. The molecule has 0 radical (unpaired) electrons.